The Labute approximate surface area is 70.8 Å². The van der Waals surface area contributed by atoms with E-state index in [0.717, 1.165) is 5.56 Å². The topological polar surface area (TPSA) is 23.8 Å². The van der Waals surface area contributed by atoms with Crippen LogP contribution in [0.1, 0.15) is 12.0 Å². The highest BCUT2D eigenvalue weighted by atomic mass is 19.1. The first-order valence-corrected chi connectivity index (χ1v) is 3.62. The molecule has 0 amide bonds. The Bertz CT molecular complexity index is 306. The maximum atomic E-state index is 12.4. The number of nitrogens with zero attached hydrogens (tertiary/aromatic N) is 1. The molecule has 0 aromatic heterocycles. The number of nitriles is 1. The van der Waals surface area contributed by atoms with E-state index < -0.39 is 0 Å². The molecule has 2 heteroatoms. The molecule has 0 atom stereocenters. The van der Waals surface area contributed by atoms with E-state index in [2.05, 4.69) is 0 Å². The summed E-state index contributed by atoms with van der Waals surface area (Å²) in [5, 5.41) is 8.23. The summed E-state index contributed by atoms with van der Waals surface area (Å²) in [6.45, 7) is 0. The van der Waals surface area contributed by atoms with Gasteiger partial charge in [-0.15, -0.1) is 0 Å². The summed E-state index contributed by atoms with van der Waals surface area (Å²) in [5.41, 5.74) is 0.909. The summed E-state index contributed by atoms with van der Waals surface area (Å²) < 4.78 is 12.4. The second-order valence-electron chi connectivity index (χ2n) is 2.32. The lowest BCUT2D eigenvalue weighted by Gasteiger charge is -1.90. The highest BCUT2D eigenvalue weighted by Gasteiger charge is 1.87. The van der Waals surface area contributed by atoms with Gasteiger partial charge in [-0.2, -0.15) is 5.26 Å². The van der Waals surface area contributed by atoms with Gasteiger partial charge in [0.15, 0.2) is 0 Å². The maximum absolute atomic E-state index is 12.4. The molecule has 0 saturated heterocycles. The maximum Gasteiger partial charge on any atom is 0.123 e. The van der Waals surface area contributed by atoms with Crippen LogP contribution in [-0.4, -0.2) is 0 Å². The van der Waals surface area contributed by atoms with Gasteiger partial charge in [-0.05, 0) is 17.7 Å². The van der Waals surface area contributed by atoms with Gasteiger partial charge in [0, 0.05) is 0 Å². The van der Waals surface area contributed by atoms with Crippen LogP contribution in [0, 0.1) is 17.1 Å². The zero-order chi connectivity index (χ0) is 8.81. The molecule has 60 valence electrons. The molecule has 0 aliphatic heterocycles. The largest absolute Gasteiger partial charge is 0.207 e. The number of benzene rings is 1. The molecule has 0 saturated carbocycles. The van der Waals surface area contributed by atoms with E-state index in [0.29, 0.717) is 6.42 Å². The van der Waals surface area contributed by atoms with E-state index in [4.69, 9.17) is 5.26 Å². The molecule has 1 rings (SSSR count). The van der Waals surface area contributed by atoms with E-state index in [1.165, 1.54) is 12.1 Å². The van der Waals surface area contributed by atoms with Crippen LogP contribution in [-0.2, 0) is 0 Å². The van der Waals surface area contributed by atoms with Crippen LogP contribution in [0.15, 0.2) is 30.3 Å². The molecule has 0 bridgehead atoms. The van der Waals surface area contributed by atoms with Crippen molar-refractivity contribution in [3.63, 3.8) is 0 Å². The predicted molar refractivity (Wildman–Crippen MR) is 45.7 cm³/mol. The highest BCUT2D eigenvalue weighted by Crippen LogP contribution is 2.04. The number of hydrogen-bond donors (Lipinski definition) is 0. The Hall–Kier alpha value is -1.62. The van der Waals surface area contributed by atoms with Gasteiger partial charge in [0.25, 0.3) is 0 Å². The molecule has 0 N–H and O–H groups in total. The van der Waals surface area contributed by atoms with Gasteiger partial charge in [0.1, 0.15) is 5.82 Å². The Balaban J connectivity index is 2.66. The van der Waals surface area contributed by atoms with Gasteiger partial charge < -0.3 is 0 Å². The Morgan fingerprint density at radius 2 is 2.00 bits per heavy atom. The van der Waals surface area contributed by atoms with Crippen LogP contribution in [0.3, 0.4) is 0 Å². The van der Waals surface area contributed by atoms with Crippen LogP contribution >= 0.6 is 0 Å². The summed E-state index contributed by atoms with van der Waals surface area (Å²) in [6, 6.07) is 8.12. The summed E-state index contributed by atoms with van der Waals surface area (Å²) in [5.74, 6) is -0.243. The molecule has 0 spiro atoms. The molecule has 1 aromatic rings. The van der Waals surface area contributed by atoms with Gasteiger partial charge in [0.2, 0.25) is 0 Å². The van der Waals surface area contributed by atoms with Crippen LogP contribution in [0.5, 0.6) is 0 Å². The summed E-state index contributed by atoms with van der Waals surface area (Å²) >= 11 is 0. The zero-order valence-corrected chi connectivity index (χ0v) is 6.50. The molecule has 1 aromatic carbocycles. The smallest absolute Gasteiger partial charge is 0.123 e. The molecule has 0 heterocycles. The predicted octanol–water partition coefficient (Wildman–Crippen LogP) is 2.75. The molecular weight excluding hydrogens is 153 g/mol. The van der Waals surface area contributed by atoms with Crippen molar-refractivity contribution in [3.05, 3.63) is 41.7 Å². The minimum atomic E-state index is -0.243. The molecular formula is C10H8FN. The lowest BCUT2D eigenvalue weighted by molar-refractivity contribution is 0.628. The third-order valence-electron chi connectivity index (χ3n) is 1.39. The number of allylic oxidation sites excluding steroid dienone is 1. The van der Waals surface area contributed by atoms with Gasteiger partial charge in [-0.3, -0.25) is 0 Å². The van der Waals surface area contributed by atoms with Gasteiger partial charge in [-0.25, -0.2) is 4.39 Å². The lowest BCUT2D eigenvalue weighted by Crippen LogP contribution is -1.73. The second-order valence-corrected chi connectivity index (χ2v) is 2.32. The first kappa shape index (κ1) is 8.48. The average molecular weight is 161 g/mol. The van der Waals surface area contributed by atoms with Gasteiger partial charge in [0.05, 0.1) is 12.5 Å². The van der Waals surface area contributed by atoms with Crippen molar-refractivity contribution < 1.29 is 4.39 Å². The first-order chi connectivity index (χ1) is 5.83. The lowest BCUT2D eigenvalue weighted by atomic mass is 10.2. The highest BCUT2D eigenvalue weighted by molar-refractivity contribution is 5.49. The third kappa shape index (κ3) is 2.55. The van der Waals surface area contributed by atoms with Crippen LogP contribution in [0.4, 0.5) is 4.39 Å². The minimum absolute atomic E-state index is 0.243. The van der Waals surface area contributed by atoms with Gasteiger partial charge in [-0.1, -0.05) is 24.3 Å². The van der Waals surface area contributed by atoms with Crippen molar-refractivity contribution in [2.75, 3.05) is 0 Å². The summed E-state index contributed by atoms with van der Waals surface area (Å²) in [6.07, 6.45) is 3.92. The zero-order valence-electron chi connectivity index (χ0n) is 6.50. The second kappa shape index (κ2) is 4.30. The fourth-order valence-corrected chi connectivity index (χ4v) is 0.822. The Morgan fingerprint density at radius 3 is 2.58 bits per heavy atom. The molecule has 1 nitrogen and oxygen atoms in total. The Kier molecular flexibility index (Phi) is 3.04. The van der Waals surface area contributed by atoms with Crippen molar-refractivity contribution in [2.24, 2.45) is 0 Å². The number of halogens is 1. The summed E-state index contributed by atoms with van der Waals surface area (Å²) in [7, 11) is 0. The molecule has 0 unspecified atom stereocenters. The van der Waals surface area contributed by atoms with E-state index in [1.807, 2.05) is 6.07 Å². The van der Waals surface area contributed by atoms with Crippen molar-refractivity contribution in [3.8, 4) is 6.07 Å². The first-order valence-electron chi connectivity index (χ1n) is 3.62. The fraction of sp³-hybridized carbons (Fsp3) is 0.100. The summed E-state index contributed by atoms with van der Waals surface area (Å²) in [4.78, 5) is 0. The normalized spacial score (nSPS) is 10.0. The molecule has 0 radical (unpaired) electrons. The van der Waals surface area contributed by atoms with Crippen molar-refractivity contribution in [1.82, 2.24) is 0 Å². The SMILES string of the molecule is N#CC/C=C/c1ccc(F)cc1. The molecule has 0 aliphatic carbocycles. The van der Waals surface area contributed by atoms with Crippen LogP contribution < -0.4 is 0 Å². The fourth-order valence-electron chi connectivity index (χ4n) is 0.822. The quantitative estimate of drug-likeness (QED) is 0.654. The number of hydrogen-bond acceptors (Lipinski definition) is 1. The van der Waals surface area contributed by atoms with Crippen LogP contribution in [0.2, 0.25) is 0 Å². The van der Waals surface area contributed by atoms with E-state index in [-0.39, 0.29) is 5.82 Å². The van der Waals surface area contributed by atoms with Crippen LogP contribution in [0.25, 0.3) is 6.08 Å². The molecule has 12 heavy (non-hydrogen) atoms. The third-order valence-corrected chi connectivity index (χ3v) is 1.39. The van der Waals surface area contributed by atoms with E-state index >= 15 is 0 Å². The van der Waals surface area contributed by atoms with Crippen molar-refractivity contribution in [1.29, 1.82) is 5.26 Å². The minimum Gasteiger partial charge on any atom is -0.207 e. The van der Waals surface area contributed by atoms with E-state index in [9.17, 15) is 4.39 Å². The number of rotatable bonds is 2. The van der Waals surface area contributed by atoms with Crippen molar-refractivity contribution >= 4 is 6.08 Å². The monoisotopic (exact) mass is 161 g/mol. The molecule has 0 aliphatic rings. The standard InChI is InChI=1S/C10H8FN/c11-10-6-4-9(5-7-10)3-1-2-8-12/h1,3-7H,2H2/b3-1+. The van der Waals surface area contributed by atoms with Crippen molar-refractivity contribution in [2.45, 2.75) is 6.42 Å². The average Bonchev–Trinajstić information content (AvgIpc) is 2.09. The molecule has 0 fully saturated rings. The van der Waals surface area contributed by atoms with Gasteiger partial charge >= 0.3 is 0 Å². The Morgan fingerprint density at radius 1 is 1.33 bits per heavy atom. The van der Waals surface area contributed by atoms with E-state index in [1.54, 1.807) is 24.3 Å².